The van der Waals surface area contributed by atoms with E-state index < -0.39 is 0 Å². The second-order valence-electron chi connectivity index (χ2n) is 13.3. The molecule has 0 aliphatic rings. The van der Waals surface area contributed by atoms with Gasteiger partial charge in [-0.05, 0) is 64.5 Å². The molecule has 0 saturated heterocycles. The molecule has 0 aliphatic carbocycles. The van der Waals surface area contributed by atoms with Gasteiger partial charge in [0.05, 0.1) is 39.6 Å². The van der Waals surface area contributed by atoms with Crippen LogP contribution in [0.3, 0.4) is 0 Å². The first kappa shape index (κ1) is 49.3. The Kier molecular flexibility index (Phi) is 23.7. The third-order valence-electron chi connectivity index (χ3n) is 10.5. The van der Waals surface area contributed by atoms with Gasteiger partial charge < -0.3 is 48.3 Å². The minimum atomic E-state index is -0.106. The molecule has 0 aliphatic heterocycles. The van der Waals surface area contributed by atoms with Gasteiger partial charge >= 0.3 is 0 Å². The third kappa shape index (κ3) is 14.5. The van der Waals surface area contributed by atoms with E-state index in [-0.39, 0.29) is 11.8 Å². The predicted octanol–water partition coefficient (Wildman–Crippen LogP) is 6.77. The molecule has 14 heteroatoms. The van der Waals surface area contributed by atoms with Crippen LogP contribution in [0.4, 0.5) is 0 Å². The van der Waals surface area contributed by atoms with Gasteiger partial charge in [-0.2, -0.15) is 0 Å². The van der Waals surface area contributed by atoms with Crippen LogP contribution in [0.25, 0.3) is 0 Å². The Hall–Kier alpha value is -2.88. The summed E-state index contributed by atoms with van der Waals surface area (Å²) in [6.45, 7) is 29.8. The Balaban J connectivity index is 2.70. The first-order chi connectivity index (χ1) is 27.1. The number of carbonyl (C=O) groups is 2. The number of likely N-dealkylation sites (N-methyl/N-ethyl adjacent to an activating group) is 4. The number of hydrogen-bond donors (Lipinski definition) is 0. The smallest absolute Gasteiger partial charge is 0.258 e. The SMILES string of the molecule is CCN(CC)CCN(CCN(CC)CC)C(=O)c1c(OC)cc(OC)cc1SSc1cc(OC)cc(OC)c1C(=O)N(CCN(CC)CC)CCN(CC)CC. The molecule has 0 aromatic heterocycles. The Labute approximate surface area is 346 Å². The Morgan fingerprint density at radius 2 is 0.696 bits per heavy atom. The van der Waals surface area contributed by atoms with Gasteiger partial charge in [-0.25, -0.2) is 0 Å². The lowest BCUT2D eigenvalue weighted by Gasteiger charge is -2.30. The standard InChI is InChI=1S/C42H72N6O6S2/c1-13-43(14-2)21-25-47(26-22-44(15-3)16-4)41(49)39-35(53-11)29-33(51-9)31-37(39)55-56-38-32-34(52-10)30-36(54-12)40(38)42(50)48(27-23-45(17-5)18-6)28-24-46(19-7)20-8/h29-32H,13-28H2,1-12H3. The highest BCUT2D eigenvalue weighted by Gasteiger charge is 2.29. The fourth-order valence-corrected chi connectivity index (χ4v) is 8.86. The maximum absolute atomic E-state index is 14.8. The Bertz CT molecular complexity index is 1310. The highest BCUT2D eigenvalue weighted by atomic mass is 33.1. The minimum Gasteiger partial charge on any atom is -0.497 e. The summed E-state index contributed by atoms with van der Waals surface area (Å²) in [7, 11) is 9.16. The van der Waals surface area contributed by atoms with E-state index in [2.05, 4.69) is 75.0 Å². The van der Waals surface area contributed by atoms with Crippen molar-refractivity contribution < 1.29 is 28.5 Å². The summed E-state index contributed by atoms with van der Waals surface area (Å²) in [5.41, 5.74) is 0.931. The van der Waals surface area contributed by atoms with Gasteiger partial charge in [0.15, 0.2) is 0 Å². The van der Waals surface area contributed by atoms with Crippen molar-refractivity contribution in [2.45, 2.75) is 65.2 Å². The van der Waals surface area contributed by atoms with Crippen molar-refractivity contribution in [1.82, 2.24) is 29.4 Å². The van der Waals surface area contributed by atoms with Crippen molar-refractivity contribution in [2.75, 3.05) is 133 Å². The highest BCUT2D eigenvalue weighted by molar-refractivity contribution is 8.76. The van der Waals surface area contributed by atoms with E-state index in [4.69, 9.17) is 18.9 Å². The van der Waals surface area contributed by atoms with Crippen LogP contribution in [0, 0.1) is 0 Å². The molecule has 56 heavy (non-hydrogen) atoms. The van der Waals surface area contributed by atoms with Crippen LogP contribution in [-0.2, 0) is 0 Å². The summed E-state index contributed by atoms with van der Waals surface area (Å²) in [4.78, 5) is 44.1. The van der Waals surface area contributed by atoms with E-state index in [1.54, 1.807) is 40.6 Å². The van der Waals surface area contributed by atoms with Gasteiger partial charge in [-0.3, -0.25) is 9.59 Å². The van der Waals surface area contributed by atoms with Crippen molar-refractivity contribution in [2.24, 2.45) is 0 Å². The summed E-state index contributed by atoms with van der Waals surface area (Å²) in [6, 6.07) is 7.28. The topological polar surface area (TPSA) is 90.5 Å². The molecule has 0 spiro atoms. The van der Waals surface area contributed by atoms with E-state index in [1.807, 2.05) is 21.9 Å². The fraction of sp³-hybridized carbons (Fsp3) is 0.667. The molecule has 0 bridgehead atoms. The van der Waals surface area contributed by atoms with Gasteiger partial charge in [-0.15, -0.1) is 0 Å². The molecule has 0 unspecified atom stereocenters. The molecular formula is C42H72N6O6S2. The van der Waals surface area contributed by atoms with Crippen molar-refractivity contribution in [1.29, 1.82) is 0 Å². The van der Waals surface area contributed by atoms with Crippen LogP contribution >= 0.6 is 21.6 Å². The lowest BCUT2D eigenvalue weighted by Crippen LogP contribution is -2.43. The van der Waals surface area contributed by atoms with Gasteiger partial charge in [0.25, 0.3) is 11.8 Å². The Morgan fingerprint density at radius 1 is 0.429 bits per heavy atom. The Morgan fingerprint density at radius 3 is 0.911 bits per heavy atom. The molecular weight excluding hydrogens is 749 g/mol. The van der Waals surface area contributed by atoms with Gasteiger partial charge in [0, 0.05) is 74.3 Å². The zero-order valence-electron chi connectivity index (χ0n) is 36.6. The van der Waals surface area contributed by atoms with Crippen LogP contribution in [0.2, 0.25) is 0 Å². The van der Waals surface area contributed by atoms with Gasteiger partial charge in [-0.1, -0.05) is 77.0 Å². The van der Waals surface area contributed by atoms with Crippen LogP contribution in [0.5, 0.6) is 23.0 Å². The van der Waals surface area contributed by atoms with Crippen molar-refractivity contribution >= 4 is 33.4 Å². The first-order valence-electron chi connectivity index (χ1n) is 20.4. The molecule has 0 saturated carbocycles. The predicted molar refractivity (Wildman–Crippen MR) is 234 cm³/mol. The van der Waals surface area contributed by atoms with Crippen molar-refractivity contribution in [3.63, 3.8) is 0 Å². The molecule has 2 aromatic rings. The van der Waals surface area contributed by atoms with E-state index in [9.17, 15) is 9.59 Å². The van der Waals surface area contributed by atoms with E-state index >= 15 is 0 Å². The van der Waals surface area contributed by atoms with E-state index in [0.29, 0.717) is 70.1 Å². The molecule has 2 rings (SSSR count). The lowest BCUT2D eigenvalue weighted by molar-refractivity contribution is 0.0703. The second-order valence-corrected chi connectivity index (χ2v) is 15.5. The van der Waals surface area contributed by atoms with E-state index in [0.717, 1.165) is 78.5 Å². The molecule has 2 aromatic carbocycles. The second kappa shape index (κ2) is 26.9. The summed E-state index contributed by atoms with van der Waals surface area (Å²) >= 11 is 0. The largest absolute Gasteiger partial charge is 0.497 e. The molecule has 2 amide bonds. The molecule has 12 nitrogen and oxygen atoms in total. The van der Waals surface area contributed by atoms with Crippen LogP contribution in [0.1, 0.15) is 76.1 Å². The van der Waals surface area contributed by atoms with Crippen LogP contribution in [-0.4, -0.2) is 174 Å². The molecule has 0 radical (unpaired) electrons. The fourth-order valence-electron chi connectivity index (χ4n) is 6.49. The first-order valence-corrected chi connectivity index (χ1v) is 22.6. The number of carbonyl (C=O) groups excluding carboxylic acids is 2. The number of benzene rings is 2. The number of amides is 2. The maximum atomic E-state index is 14.8. The lowest BCUT2D eigenvalue weighted by atomic mass is 10.1. The number of methoxy groups -OCH3 is 4. The van der Waals surface area contributed by atoms with Crippen molar-refractivity contribution in [3.8, 4) is 23.0 Å². The minimum absolute atomic E-state index is 0.106. The molecule has 0 fully saturated rings. The number of hydrogen-bond acceptors (Lipinski definition) is 12. The zero-order chi connectivity index (χ0) is 41.6. The summed E-state index contributed by atoms with van der Waals surface area (Å²) in [6.07, 6.45) is 0. The third-order valence-corrected chi connectivity index (χ3v) is 12.9. The van der Waals surface area contributed by atoms with Crippen molar-refractivity contribution in [3.05, 3.63) is 35.4 Å². The maximum Gasteiger partial charge on any atom is 0.258 e. The average molecular weight is 821 g/mol. The highest BCUT2D eigenvalue weighted by Crippen LogP contribution is 2.47. The average Bonchev–Trinajstić information content (AvgIpc) is 3.23. The normalized spacial score (nSPS) is 11.5. The van der Waals surface area contributed by atoms with Gasteiger partial charge in [0.2, 0.25) is 0 Å². The molecule has 0 heterocycles. The van der Waals surface area contributed by atoms with Gasteiger partial charge in [0.1, 0.15) is 23.0 Å². The molecule has 0 N–H and O–H groups in total. The molecule has 0 atom stereocenters. The zero-order valence-corrected chi connectivity index (χ0v) is 38.2. The summed E-state index contributed by atoms with van der Waals surface area (Å²) in [5.74, 6) is 1.80. The quantitative estimate of drug-likeness (QED) is 0.0812. The summed E-state index contributed by atoms with van der Waals surface area (Å²) < 4.78 is 23.2. The number of nitrogens with zero attached hydrogens (tertiary/aromatic N) is 6. The number of rotatable bonds is 29. The molecule has 318 valence electrons. The van der Waals surface area contributed by atoms with Crippen LogP contribution < -0.4 is 18.9 Å². The van der Waals surface area contributed by atoms with Crippen LogP contribution in [0.15, 0.2) is 34.1 Å². The van der Waals surface area contributed by atoms with E-state index in [1.165, 1.54) is 21.6 Å². The summed E-state index contributed by atoms with van der Waals surface area (Å²) in [5, 5.41) is 0. The number of ether oxygens (including phenoxy) is 4. The monoisotopic (exact) mass is 820 g/mol.